The van der Waals surface area contributed by atoms with Crippen molar-refractivity contribution >= 4 is 45.9 Å². The first kappa shape index (κ1) is 35.6. The Labute approximate surface area is 329 Å². The Kier molecular flexibility index (Phi) is 8.54. The van der Waals surface area contributed by atoms with Crippen LogP contribution in [0.3, 0.4) is 0 Å². The van der Waals surface area contributed by atoms with Crippen LogP contribution in [-0.4, -0.2) is 87.4 Å². The average Bonchev–Trinajstić information content (AvgIpc) is 3.91. The Hall–Kier alpha value is -4.77. The van der Waals surface area contributed by atoms with E-state index >= 15 is 4.79 Å². The zero-order valence-corrected chi connectivity index (χ0v) is 33.1. The van der Waals surface area contributed by atoms with Gasteiger partial charge in [-0.3, -0.25) is 14.4 Å². The lowest BCUT2D eigenvalue weighted by Gasteiger charge is -2.48. The number of rotatable bonds is 8. The monoisotopic (exact) mass is 754 g/mol. The van der Waals surface area contributed by atoms with Gasteiger partial charge in [0.2, 0.25) is 11.8 Å². The molecule has 11 nitrogen and oxygen atoms in total. The molecule has 10 rings (SSSR count). The Bertz CT molecular complexity index is 2230. The summed E-state index contributed by atoms with van der Waals surface area (Å²) in [5.74, 6) is 1.05. The number of aryl methyl sites for hydroxylation is 1. The maximum absolute atomic E-state index is 15.0. The summed E-state index contributed by atoms with van der Waals surface area (Å²) in [6.07, 6.45) is 14.3. The fourth-order valence-corrected chi connectivity index (χ4v) is 10.5. The van der Waals surface area contributed by atoms with Crippen molar-refractivity contribution < 1.29 is 14.4 Å². The van der Waals surface area contributed by atoms with Crippen LogP contribution in [0.1, 0.15) is 112 Å². The molecule has 11 heteroatoms. The molecule has 3 saturated carbocycles. The highest BCUT2D eigenvalue weighted by Gasteiger charge is 2.56. The maximum atomic E-state index is 15.0. The van der Waals surface area contributed by atoms with Crippen molar-refractivity contribution in [2.45, 2.75) is 114 Å². The minimum Gasteiger partial charge on any atom is -0.355 e. The fraction of sp³-hybridized carbons (Fsp3) is 0.533. The van der Waals surface area contributed by atoms with Gasteiger partial charge in [0.05, 0.1) is 23.0 Å². The molecule has 56 heavy (non-hydrogen) atoms. The van der Waals surface area contributed by atoms with Gasteiger partial charge in [-0.2, -0.15) is 0 Å². The molecule has 1 spiro atoms. The number of piperidine rings is 2. The van der Waals surface area contributed by atoms with Crippen LogP contribution in [0.15, 0.2) is 48.8 Å². The molecule has 0 bridgehead atoms. The number of hydrogen-bond donors (Lipinski definition) is 2. The van der Waals surface area contributed by atoms with Crippen molar-refractivity contribution in [1.29, 1.82) is 0 Å². The molecular formula is C45H54N8O3. The number of nitrogens with zero attached hydrogens (tertiary/aromatic N) is 6. The highest BCUT2D eigenvalue weighted by Crippen LogP contribution is 2.53. The largest absolute Gasteiger partial charge is 0.355 e. The first-order valence-corrected chi connectivity index (χ1v) is 21.2. The van der Waals surface area contributed by atoms with Crippen molar-refractivity contribution in [1.82, 2.24) is 29.7 Å². The Morgan fingerprint density at radius 3 is 2.32 bits per heavy atom. The van der Waals surface area contributed by atoms with E-state index in [1.165, 1.54) is 19.3 Å². The van der Waals surface area contributed by atoms with Crippen molar-refractivity contribution in [2.24, 2.45) is 5.41 Å². The van der Waals surface area contributed by atoms with E-state index in [1.807, 2.05) is 36.4 Å². The fourth-order valence-electron chi connectivity index (χ4n) is 10.5. The van der Waals surface area contributed by atoms with Gasteiger partial charge in [0.25, 0.3) is 5.91 Å². The molecule has 3 aliphatic heterocycles. The first-order valence-electron chi connectivity index (χ1n) is 21.2. The summed E-state index contributed by atoms with van der Waals surface area (Å²) in [5, 5.41) is 6.34. The number of imidazole rings is 1. The number of aromatic nitrogens is 3. The lowest BCUT2D eigenvalue weighted by Crippen LogP contribution is -2.59. The maximum Gasteiger partial charge on any atom is 0.251 e. The normalized spacial score (nSPS) is 24.2. The predicted molar refractivity (Wildman–Crippen MR) is 218 cm³/mol. The van der Waals surface area contributed by atoms with Crippen LogP contribution in [0, 0.1) is 12.3 Å². The number of carbonyl (C=O) groups excluding carboxylic acids is 3. The molecule has 6 aliphatic rings. The summed E-state index contributed by atoms with van der Waals surface area (Å²) in [6.45, 7) is 7.62. The van der Waals surface area contributed by atoms with E-state index in [-0.39, 0.29) is 29.2 Å². The second-order valence-electron chi connectivity index (χ2n) is 17.9. The van der Waals surface area contributed by atoms with Gasteiger partial charge >= 0.3 is 0 Å². The molecule has 3 amide bonds. The van der Waals surface area contributed by atoms with Gasteiger partial charge in [0.1, 0.15) is 5.52 Å². The number of carbonyl (C=O) groups is 3. The van der Waals surface area contributed by atoms with Gasteiger partial charge in [-0.1, -0.05) is 38.0 Å². The average molecular weight is 755 g/mol. The van der Waals surface area contributed by atoms with Gasteiger partial charge in [0.15, 0.2) is 5.82 Å². The molecular weight excluding hydrogens is 701 g/mol. The third-order valence-corrected chi connectivity index (χ3v) is 14.4. The summed E-state index contributed by atoms with van der Waals surface area (Å²) in [4.78, 5) is 58.3. The number of anilines is 3. The summed E-state index contributed by atoms with van der Waals surface area (Å²) >= 11 is 0. The molecule has 2 saturated heterocycles. The van der Waals surface area contributed by atoms with E-state index in [1.54, 1.807) is 7.05 Å². The number of fused-ring (bicyclic) bond motifs is 3. The van der Waals surface area contributed by atoms with Crippen LogP contribution in [0.2, 0.25) is 0 Å². The topological polar surface area (TPSA) is 116 Å². The highest BCUT2D eigenvalue weighted by atomic mass is 16.2. The van der Waals surface area contributed by atoms with Gasteiger partial charge in [-0.15, -0.1) is 0 Å². The molecule has 0 atom stereocenters. The van der Waals surface area contributed by atoms with E-state index in [4.69, 9.17) is 9.97 Å². The minimum atomic E-state index is -0.623. The van der Waals surface area contributed by atoms with Crippen molar-refractivity contribution in [3.63, 3.8) is 0 Å². The lowest BCUT2D eigenvalue weighted by molar-refractivity contribution is -0.148. The number of hydrogen-bond acceptors (Lipinski definition) is 7. The second kappa shape index (κ2) is 13.4. The first-order chi connectivity index (χ1) is 27.2. The number of nitrogens with one attached hydrogen (secondary N) is 2. The molecule has 2 aromatic heterocycles. The smallest absolute Gasteiger partial charge is 0.251 e. The van der Waals surface area contributed by atoms with E-state index in [0.717, 1.165) is 103 Å². The van der Waals surface area contributed by atoms with Gasteiger partial charge in [0, 0.05) is 66.2 Å². The van der Waals surface area contributed by atoms with Crippen LogP contribution in [-0.2, 0) is 15.0 Å². The molecule has 292 valence electrons. The van der Waals surface area contributed by atoms with Crippen molar-refractivity contribution in [3.05, 3.63) is 65.5 Å². The minimum absolute atomic E-state index is 0.130. The van der Waals surface area contributed by atoms with E-state index in [9.17, 15) is 9.59 Å². The van der Waals surface area contributed by atoms with Crippen LogP contribution in [0.5, 0.6) is 0 Å². The molecule has 0 radical (unpaired) electrons. The highest BCUT2D eigenvalue weighted by molar-refractivity contribution is 6.09. The number of pyridine rings is 1. The molecule has 2 aromatic carbocycles. The van der Waals surface area contributed by atoms with E-state index in [0.29, 0.717) is 49.4 Å². The van der Waals surface area contributed by atoms with Crippen LogP contribution < -0.4 is 15.5 Å². The molecule has 5 fully saturated rings. The van der Waals surface area contributed by atoms with Crippen LogP contribution in [0.25, 0.3) is 22.3 Å². The summed E-state index contributed by atoms with van der Waals surface area (Å²) in [6, 6.07) is 15.5. The number of benzene rings is 2. The quantitative estimate of drug-likeness (QED) is 0.195. The van der Waals surface area contributed by atoms with Gasteiger partial charge in [-0.05, 0) is 120 Å². The lowest BCUT2D eigenvalue weighted by atomic mass is 9.68. The summed E-state index contributed by atoms with van der Waals surface area (Å²) in [5.41, 5.74) is 7.08. The van der Waals surface area contributed by atoms with Crippen LogP contribution >= 0.6 is 0 Å². The second-order valence-corrected chi connectivity index (χ2v) is 17.9. The SMILES string of the molecule is CNC(=O)c1cc(Nc2nc(-c3ccc4c(c3)N(C3CC(N5CCCCC5)C3)C(=O)C43CCN(C(=O)C4(C)CCC4)CC3)cc3ncn(C4CC4)c23)ccc1C. The van der Waals surface area contributed by atoms with E-state index in [2.05, 4.69) is 56.2 Å². The van der Waals surface area contributed by atoms with Crippen molar-refractivity contribution in [3.8, 4) is 11.3 Å². The van der Waals surface area contributed by atoms with Gasteiger partial charge < -0.3 is 29.9 Å². The molecule has 4 aromatic rings. The Balaban J connectivity index is 1.01. The molecule has 0 unspecified atom stereocenters. The van der Waals surface area contributed by atoms with Crippen LogP contribution in [0.4, 0.5) is 17.2 Å². The molecule has 2 N–H and O–H groups in total. The Morgan fingerprint density at radius 1 is 0.857 bits per heavy atom. The standard InChI is InChI=1S/C45H54N8O3/c1-28-8-10-30(23-34(28)41(54)46-3)48-40-39-37(47-27-52(39)31-11-12-31)26-36(49-40)29-9-13-35-38(22-29)53(33-24-32(25-33)50-18-5-4-6-19-50)43(56)45(35)16-20-51(21-17-45)42(55)44(2)14-7-15-44/h8-10,13,22-23,26-27,31-33H,4-7,11-12,14-21,24-25H2,1-3H3,(H,46,54)(H,48,49). The zero-order chi connectivity index (χ0) is 38.3. The molecule has 3 aliphatic carbocycles. The zero-order valence-electron chi connectivity index (χ0n) is 33.1. The summed E-state index contributed by atoms with van der Waals surface area (Å²) in [7, 11) is 1.65. The van der Waals surface area contributed by atoms with Gasteiger partial charge in [-0.25, -0.2) is 9.97 Å². The summed E-state index contributed by atoms with van der Waals surface area (Å²) < 4.78 is 2.23. The number of likely N-dealkylation sites (tertiary alicyclic amines) is 2. The predicted octanol–water partition coefficient (Wildman–Crippen LogP) is 7.26. The third kappa shape index (κ3) is 5.74. The Morgan fingerprint density at radius 2 is 1.62 bits per heavy atom. The van der Waals surface area contributed by atoms with Crippen molar-refractivity contribution in [2.75, 3.05) is 43.4 Å². The van der Waals surface area contributed by atoms with E-state index < -0.39 is 5.41 Å². The number of amides is 3. The molecule has 5 heterocycles. The third-order valence-electron chi connectivity index (χ3n) is 14.4.